The summed E-state index contributed by atoms with van der Waals surface area (Å²) in [6.07, 6.45) is 3.70. The monoisotopic (exact) mass is 497 g/mol. The maximum absolute atomic E-state index is 13.4. The molecular formula is C18H20IN5O2S. The van der Waals surface area contributed by atoms with Crippen molar-refractivity contribution in [2.24, 2.45) is 0 Å². The molecule has 0 aliphatic heterocycles. The van der Waals surface area contributed by atoms with Crippen molar-refractivity contribution >= 4 is 62.2 Å². The standard InChI is InChI=1S/C18H20IN5O2S/c1-9-11(3)27-17(22-9)24(19)16(25)12-10(2)26-15-13(12)14(20-8-21-15)23(5)18(4)6-7-18/h8H,6-7H2,1-5H3. The van der Waals surface area contributed by atoms with Gasteiger partial charge in [-0.25, -0.2) is 18.1 Å². The lowest BCUT2D eigenvalue weighted by Gasteiger charge is -2.26. The van der Waals surface area contributed by atoms with Gasteiger partial charge in [0, 0.05) is 17.5 Å². The zero-order valence-corrected chi connectivity index (χ0v) is 18.8. The third kappa shape index (κ3) is 3.00. The van der Waals surface area contributed by atoms with Gasteiger partial charge in [-0.3, -0.25) is 4.79 Å². The summed E-state index contributed by atoms with van der Waals surface area (Å²) in [6, 6.07) is 0. The van der Waals surface area contributed by atoms with E-state index in [1.807, 2.05) is 43.8 Å². The minimum Gasteiger partial charge on any atom is -0.442 e. The fourth-order valence-electron chi connectivity index (χ4n) is 3.04. The summed E-state index contributed by atoms with van der Waals surface area (Å²) in [6.45, 7) is 7.93. The van der Waals surface area contributed by atoms with E-state index in [-0.39, 0.29) is 11.4 Å². The molecule has 4 rings (SSSR count). The number of aryl methyl sites for hydroxylation is 3. The average molecular weight is 497 g/mol. The van der Waals surface area contributed by atoms with Gasteiger partial charge in [0.1, 0.15) is 17.9 Å². The number of nitrogens with zero attached hydrogens (tertiary/aromatic N) is 5. The quantitative estimate of drug-likeness (QED) is 0.388. The van der Waals surface area contributed by atoms with Crippen molar-refractivity contribution in [3.05, 3.63) is 28.2 Å². The minimum atomic E-state index is -0.175. The maximum Gasteiger partial charge on any atom is 0.273 e. The highest BCUT2D eigenvalue weighted by Gasteiger charge is 2.43. The van der Waals surface area contributed by atoms with Crippen molar-refractivity contribution < 1.29 is 9.21 Å². The third-order valence-corrected chi connectivity index (χ3v) is 7.60. The molecule has 0 saturated heterocycles. The van der Waals surface area contributed by atoms with Gasteiger partial charge < -0.3 is 9.32 Å². The van der Waals surface area contributed by atoms with E-state index in [9.17, 15) is 4.79 Å². The molecule has 1 aliphatic carbocycles. The molecule has 1 saturated carbocycles. The van der Waals surface area contributed by atoms with E-state index in [1.54, 1.807) is 10.0 Å². The molecule has 0 aromatic carbocycles. The van der Waals surface area contributed by atoms with Gasteiger partial charge in [0.15, 0.2) is 0 Å². The zero-order chi connectivity index (χ0) is 19.5. The number of hydrogen-bond acceptors (Lipinski definition) is 7. The third-order valence-electron chi connectivity index (χ3n) is 5.32. The first-order valence-corrected chi connectivity index (χ1v) is 10.4. The van der Waals surface area contributed by atoms with Crippen LogP contribution in [0.5, 0.6) is 0 Å². The molecular weight excluding hydrogens is 477 g/mol. The molecule has 3 aromatic rings. The van der Waals surface area contributed by atoms with Crippen molar-refractivity contribution in [3.8, 4) is 0 Å². The van der Waals surface area contributed by atoms with Crippen LogP contribution in [0, 0.1) is 20.8 Å². The lowest BCUT2D eigenvalue weighted by atomic mass is 10.1. The summed E-state index contributed by atoms with van der Waals surface area (Å²) >= 11 is 3.51. The van der Waals surface area contributed by atoms with E-state index < -0.39 is 0 Å². The summed E-state index contributed by atoms with van der Waals surface area (Å²) in [5.41, 5.74) is 1.94. The SMILES string of the molecule is Cc1nc(N(I)C(=O)c2c(C)oc3ncnc(N(C)C4(C)CC4)c23)sc1C. The van der Waals surface area contributed by atoms with Gasteiger partial charge in [0.25, 0.3) is 5.91 Å². The number of rotatable bonds is 4. The second-order valence-corrected chi connectivity index (χ2v) is 9.34. The van der Waals surface area contributed by atoms with E-state index in [1.165, 1.54) is 17.7 Å². The molecule has 0 unspecified atom stereocenters. The van der Waals surface area contributed by atoms with Crippen LogP contribution in [0.25, 0.3) is 11.1 Å². The summed E-state index contributed by atoms with van der Waals surface area (Å²) < 4.78 is 7.36. The van der Waals surface area contributed by atoms with Crippen molar-refractivity contribution in [2.45, 2.75) is 46.1 Å². The number of aromatic nitrogens is 3. The maximum atomic E-state index is 13.4. The number of amides is 1. The van der Waals surface area contributed by atoms with Crippen molar-refractivity contribution in [1.29, 1.82) is 0 Å². The first-order valence-electron chi connectivity index (χ1n) is 8.65. The van der Waals surface area contributed by atoms with Crippen LogP contribution in [0.2, 0.25) is 0 Å². The normalized spacial score (nSPS) is 15.2. The van der Waals surface area contributed by atoms with E-state index in [2.05, 4.69) is 26.8 Å². The van der Waals surface area contributed by atoms with E-state index in [0.717, 1.165) is 29.2 Å². The lowest BCUT2D eigenvalue weighted by Crippen LogP contribution is -2.32. The number of halogens is 1. The molecule has 0 N–H and O–H groups in total. The number of thiazole rings is 1. The smallest absolute Gasteiger partial charge is 0.273 e. The highest BCUT2D eigenvalue weighted by molar-refractivity contribution is 14.1. The summed E-state index contributed by atoms with van der Waals surface area (Å²) in [4.78, 5) is 29.8. The molecule has 142 valence electrons. The molecule has 3 heterocycles. The Labute approximate surface area is 175 Å². The summed E-state index contributed by atoms with van der Waals surface area (Å²) in [5, 5.41) is 1.33. The summed E-state index contributed by atoms with van der Waals surface area (Å²) in [5.74, 6) is 1.10. The van der Waals surface area contributed by atoms with Gasteiger partial charge in [-0.1, -0.05) is 0 Å². The van der Waals surface area contributed by atoms with E-state index in [4.69, 9.17) is 4.42 Å². The number of anilines is 2. The van der Waals surface area contributed by atoms with Gasteiger partial charge in [-0.2, -0.15) is 0 Å². The van der Waals surface area contributed by atoms with E-state index >= 15 is 0 Å². The highest BCUT2D eigenvalue weighted by atomic mass is 127. The minimum absolute atomic E-state index is 0.0698. The molecule has 9 heteroatoms. The van der Waals surface area contributed by atoms with Gasteiger partial charge in [0.05, 0.1) is 39.5 Å². The average Bonchev–Trinajstić information content (AvgIpc) is 3.17. The first kappa shape index (κ1) is 18.6. The molecule has 0 spiro atoms. The zero-order valence-electron chi connectivity index (χ0n) is 15.8. The Hall–Kier alpha value is -1.75. The largest absolute Gasteiger partial charge is 0.442 e. The van der Waals surface area contributed by atoms with Gasteiger partial charge >= 0.3 is 0 Å². The fourth-order valence-corrected chi connectivity index (χ4v) is 4.49. The Morgan fingerprint density at radius 2 is 2.00 bits per heavy atom. The van der Waals surface area contributed by atoms with Gasteiger partial charge in [0.2, 0.25) is 10.8 Å². The second-order valence-electron chi connectivity index (χ2n) is 7.19. The van der Waals surface area contributed by atoms with Crippen LogP contribution in [-0.4, -0.2) is 33.4 Å². The molecule has 3 aromatic heterocycles. The Bertz CT molecular complexity index is 1040. The molecule has 1 amide bonds. The van der Waals surface area contributed by atoms with Crippen LogP contribution in [0.15, 0.2) is 10.7 Å². The van der Waals surface area contributed by atoms with Gasteiger partial charge in [-0.15, -0.1) is 11.3 Å². The number of hydrogen-bond donors (Lipinski definition) is 0. The Balaban J connectivity index is 1.83. The molecule has 27 heavy (non-hydrogen) atoms. The Kier molecular flexibility index (Phi) is 4.41. The molecule has 0 atom stereocenters. The number of carbonyl (C=O) groups is 1. The van der Waals surface area contributed by atoms with Crippen LogP contribution in [0.4, 0.5) is 10.9 Å². The molecule has 1 aliphatic rings. The molecule has 0 bridgehead atoms. The van der Waals surface area contributed by atoms with Crippen LogP contribution < -0.4 is 8.01 Å². The van der Waals surface area contributed by atoms with Crippen LogP contribution in [-0.2, 0) is 0 Å². The topological polar surface area (TPSA) is 75.4 Å². The van der Waals surface area contributed by atoms with Crippen LogP contribution >= 0.6 is 34.2 Å². The Morgan fingerprint density at radius 1 is 1.30 bits per heavy atom. The predicted molar refractivity (Wildman–Crippen MR) is 115 cm³/mol. The van der Waals surface area contributed by atoms with Crippen molar-refractivity contribution in [3.63, 3.8) is 0 Å². The van der Waals surface area contributed by atoms with Crippen molar-refractivity contribution in [2.75, 3.05) is 15.1 Å². The predicted octanol–water partition coefficient (Wildman–Crippen LogP) is 4.59. The second kappa shape index (κ2) is 6.40. The van der Waals surface area contributed by atoms with Crippen molar-refractivity contribution in [1.82, 2.24) is 15.0 Å². The molecule has 1 fully saturated rings. The fraction of sp³-hybridized carbons (Fsp3) is 0.444. The summed E-state index contributed by atoms with van der Waals surface area (Å²) in [7, 11) is 2.01. The van der Waals surface area contributed by atoms with Gasteiger partial charge in [-0.05, 0) is 40.5 Å². The molecule has 0 radical (unpaired) electrons. The lowest BCUT2D eigenvalue weighted by molar-refractivity contribution is 0.101. The van der Waals surface area contributed by atoms with E-state index in [0.29, 0.717) is 27.6 Å². The number of furan rings is 1. The number of fused-ring (bicyclic) bond motifs is 1. The Morgan fingerprint density at radius 3 is 2.59 bits per heavy atom. The van der Waals surface area contributed by atoms with Crippen LogP contribution in [0.1, 0.15) is 46.5 Å². The van der Waals surface area contributed by atoms with Crippen LogP contribution in [0.3, 0.4) is 0 Å². The number of carbonyl (C=O) groups excluding carboxylic acids is 1. The highest BCUT2D eigenvalue weighted by Crippen LogP contribution is 2.44. The molecule has 7 nitrogen and oxygen atoms in total. The first-order chi connectivity index (χ1) is 12.7.